The van der Waals surface area contributed by atoms with Crippen LogP contribution in [0, 0.1) is 0 Å². The monoisotopic (exact) mass is 354 g/mol. The van der Waals surface area contributed by atoms with Gasteiger partial charge in [0.15, 0.2) is 5.75 Å². The standard InChI is InChI=1S/C12H14BrF3N2O2/c1-11(2,3)18-10(19)17-8-5-4-7(13)6-9(8)20-12(14,15)16/h4-6H,1-3H3,(H2,17,18,19). The Balaban J connectivity index is 2.92. The Morgan fingerprint density at radius 2 is 1.85 bits per heavy atom. The van der Waals surface area contributed by atoms with Gasteiger partial charge in [0.1, 0.15) is 0 Å². The van der Waals surface area contributed by atoms with Crippen LogP contribution in [0.15, 0.2) is 22.7 Å². The van der Waals surface area contributed by atoms with E-state index in [0.717, 1.165) is 6.07 Å². The van der Waals surface area contributed by atoms with Crippen LogP contribution in [0.5, 0.6) is 5.75 Å². The molecule has 112 valence electrons. The summed E-state index contributed by atoms with van der Waals surface area (Å²) >= 11 is 3.04. The summed E-state index contributed by atoms with van der Waals surface area (Å²) in [5, 5.41) is 4.89. The lowest BCUT2D eigenvalue weighted by atomic mass is 10.1. The normalized spacial score (nSPS) is 11.9. The smallest absolute Gasteiger partial charge is 0.404 e. The minimum Gasteiger partial charge on any atom is -0.404 e. The average molecular weight is 355 g/mol. The van der Waals surface area contributed by atoms with Gasteiger partial charge in [0.05, 0.1) is 5.69 Å². The Morgan fingerprint density at radius 1 is 1.25 bits per heavy atom. The van der Waals surface area contributed by atoms with E-state index in [2.05, 4.69) is 31.3 Å². The predicted molar refractivity (Wildman–Crippen MR) is 72.7 cm³/mol. The fourth-order valence-electron chi connectivity index (χ4n) is 1.30. The maximum atomic E-state index is 12.3. The molecule has 0 spiro atoms. The molecule has 0 saturated carbocycles. The van der Waals surface area contributed by atoms with Crippen molar-refractivity contribution in [2.45, 2.75) is 32.7 Å². The van der Waals surface area contributed by atoms with Crippen LogP contribution in [0.4, 0.5) is 23.7 Å². The van der Waals surface area contributed by atoms with Crippen molar-refractivity contribution in [1.82, 2.24) is 5.32 Å². The summed E-state index contributed by atoms with van der Waals surface area (Å²) in [4.78, 5) is 11.7. The molecule has 0 unspecified atom stereocenters. The molecule has 0 aliphatic carbocycles. The number of nitrogens with one attached hydrogen (secondary N) is 2. The minimum absolute atomic E-state index is 0.0766. The number of amides is 2. The van der Waals surface area contributed by atoms with Crippen LogP contribution in [0.25, 0.3) is 0 Å². The number of alkyl halides is 3. The van der Waals surface area contributed by atoms with Crippen LogP contribution in [-0.2, 0) is 0 Å². The molecule has 2 N–H and O–H groups in total. The van der Waals surface area contributed by atoms with E-state index in [1.54, 1.807) is 20.8 Å². The van der Waals surface area contributed by atoms with E-state index in [0.29, 0.717) is 4.47 Å². The molecule has 0 atom stereocenters. The molecule has 0 heterocycles. The number of hydrogen-bond acceptors (Lipinski definition) is 2. The van der Waals surface area contributed by atoms with Crippen molar-refractivity contribution in [2.24, 2.45) is 0 Å². The van der Waals surface area contributed by atoms with Crippen molar-refractivity contribution in [1.29, 1.82) is 0 Å². The highest BCUT2D eigenvalue weighted by Crippen LogP contribution is 2.32. The summed E-state index contributed by atoms with van der Waals surface area (Å²) < 4.78 is 41.2. The summed E-state index contributed by atoms with van der Waals surface area (Å²) in [6, 6.07) is 3.32. The third kappa shape index (κ3) is 6.14. The summed E-state index contributed by atoms with van der Waals surface area (Å²) in [6.07, 6.45) is -4.84. The molecule has 0 aromatic heterocycles. The fraction of sp³-hybridized carbons (Fsp3) is 0.417. The predicted octanol–water partition coefficient (Wildman–Crippen LogP) is 4.27. The van der Waals surface area contributed by atoms with Crippen molar-refractivity contribution < 1.29 is 22.7 Å². The van der Waals surface area contributed by atoms with Crippen molar-refractivity contribution in [3.8, 4) is 5.75 Å². The minimum atomic E-state index is -4.84. The number of anilines is 1. The molecule has 1 aromatic carbocycles. The summed E-state index contributed by atoms with van der Waals surface area (Å²) in [5.41, 5.74) is -0.586. The lowest BCUT2D eigenvalue weighted by molar-refractivity contribution is -0.274. The van der Waals surface area contributed by atoms with Crippen LogP contribution in [0.1, 0.15) is 20.8 Å². The zero-order valence-corrected chi connectivity index (χ0v) is 12.6. The summed E-state index contributed by atoms with van der Waals surface area (Å²) in [6.45, 7) is 5.25. The number of rotatable bonds is 2. The molecule has 1 aromatic rings. The van der Waals surface area contributed by atoms with Gasteiger partial charge in [-0.25, -0.2) is 4.79 Å². The van der Waals surface area contributed by atoms with E-state index in [-0.39, 0.29) is 5.69 Å². The third-order valence-corrected chi connectivity index (χ3v) is 2.40. The van der Waals surface area contributed by atoms with Crippen molar-refractivity contribution >= 4 is 27.6 Å². The fourth-order valence-corrected chi connectivity index (χ4v) is 1.64. The van der Waals surface area contributed by atoms with Gasteiger partial charge in [-0.15, -0.1) is 13.2 Å². The molecule has 8 heteroatoms. The largest absolute Gasteiger partial charge is 0.573 e. The van der Waals surface area contributed by atoms with Gasteiger partial charge < -0.3 is 15.4 Å². The van der Waals surface area contributed by atoms with Crippen LogP contribution in [0.3, 0.4) is 0 Å². The maximum absolute atomic E-state index is 12.3. The number of carbonyl (C=O) groups excluding carboxylic acids is 1. The summed E-state index contributed by atoms with van der Waals surface area (Å²) in [5.74, 6) is -0.490. The van der Waals surface area contributed by atoms with E-state index in [4.69, 9.17) is 0 Å². The number of carbonyl (C=O) groups is 1. The number of hydrogen-bond donors (Lipinski definition) is 2. The Bertz CT molecular complexity index is 498. The van der Waals surface area contributed by atoms with Gasteiger partial charge in [0, 0.05) is 10.0 Å². The van der Waals surface area contributed by atoms with Crippen LogP contribution < -0.4 is 15.4 Å². The molecule has 0 fully saturated rings. The molecule has 0 radical (unpaired) electrons. The first-order chi connectivity index (χ1) is 8.96. The Kier molecular flexibility index (Phi) is 4.90. The zero-order valence-electron chi connectivity index (χ0n) is 11.1. The average Bonchev–Trinajstić information content (AvgIpc) is 2.17. The third-order valence-electron chi connectivity index (χ3n) is 1.91. The van der Waals surface area contributed by atoms with E-state index in [9.17, 15) is 18.0 Å². The molecule has 2 amide bonds. The first-order valence-corrected chi connectivity index (χ1v) is 6.40. The van der Waals surface area contributed by atoms with Crippen molar-refractivity contribution in [2.75, 3.05) is 5.32 Å². The highest BCUT2D eigenvalue weighted by Gasteiger charge is 2.32. The maximum Gasteiger partial charge on any atom is 0.573 e. The number of halogens is 4. The second kappa shape index (κ2) is 5.90. The molecule has 0 aliphatic rings. The molecule has 1 rings (SSSR count). The molecule has 4 nitrogen and oxygen atoms in total. The van der Waals surface area contributed by atoms with Crippen LogP contribution in [-0.4, -0.2) is 17.9 Å². The van der Waals surface area contributed by atoms with Gasteiger partial charge >= 0.3 is 12.4 Å². The first-order valence-electron chi connectivity index (χ1n) is 5.61. The van der Waals surface area contributed by atoms with Gasteiger partial charge in [-0.05, 0) is 39.0 Å². The quantitative estimate of drug-likeness (QED) is 0.833. The van der Waals surface area contributed by atoms with Crippen molar-refractivity contribution in [3.05, 3.63) is 22.7 Å². The molecular weight excluding hydrogens is 341 g/mol. The van der Waals surface area contributed by atoms with Gasteiger partial charge in [0.25, 0.3) is 0 Å². The number of ether oxygens (including phenoxy) is 1. The molecule has 0 saturated heterocycles. The number of urea groups is 1. The SMILES string of the molecule is CC(C)(C)NC(=O)Nc1ccc(Br)cc1OC(F)(F)F. The molecule has 0 aliphatic heterocycles. The molecule has 0 bridgehead atoms. The van der Waals surface area contributed by atoms with Crippen LogP contribution >= 0.6 is 15.9 Å². The van der Waals surface area contributed by atoms with E-state index >= 15 is 0 Å². The van der Waals surface area contributed by atoms with E-state index < -0.39 is 23.7 Å². The first kappa shape index (κ1) is 16.6. The Labute approximate surface area is 122 Å². The van der Waals surface area contributed by atoms with Gasteiger partial charge in [-0.3, -0.25) is 0 Å². The topological polar surface area (TPSA) is 50.4 Å². The molecular formula is C12H14BrF3N2O2. The van der Waals surface area contributed by atoms with Gasteiger partial charge in [-0.2, -0.15) is 0 Å². The van der Waals surface area contributed by atoms with Crippen molar-refractivity contribution in [3.63, 3.8) is 0 Å². The Morgan fingerprint density at radius 3 is 2.35 bits per heavy atom. The zero-order chi connectivity index (χ0) is 15.6. The lowest BCUT2D eigenvalue weighted by Crippen LogP contribution is -2.43. The second-order valence-corrected chi connectivity index (χ2v) is 5.93. The highest BCUT2D eigenvalue weighted by molar-refractivity contribution is 9.10. The summed E-state index contributed by atoms with van der Waals surface area (Å²) in [7, 11) is 0. The highest BCUT2D eigenvalue weighted by atomic mass is 79.9. The van der Waals surface area contributed by atoms with Gasteiger partial charge in [0.2, 0.25) is 0 Å². The lowest BCUT2D eigenvalue weighted by Gasteiger charge is -2.21. The van der Waals surface area contributed by atoms with Crippen LogP contribution in [0.2, 0.25) is 0 Å². The molecule has 20 heavy (non-hydrogen) atoms. The van der Waals surface area contributed by atoms with E-state index in [1.807, 2.05) is 0 Å². The van der Waals surface area contributed by atoms with E-state index in [1.165, 1.54) is 12.1 Å². The Hall–Kier alpha value is -1.44. The number of benzene rings is 1. The van der Waals surface area contributed by atoms with Gasteiger partial charge in [-0.1, -0.05) is 15.9 Å². The second-order valence-electron chi connectivity index (χ2n) is 5.02.